The van der Waals surface area contributed by atoms with E-state index in [9.17, 15) is 9.90 Å². The minimum absolute atomic E-state index is 0.115. The van der Waals surface area contributed by atoms with E-state index in [4.69, 9.17) is 0 Å². The van der Waals surface area contributed by atoms with Gasteiger partial charge in [-0.15, -0.1) is 0 Å². The number of carbonyl (C=O) groups is 1. The lowest BCUT2D eigenvalue weighted by molar-refractivity contribution is -0.146. The molecule has 5 rings (SSSR count). The zero-order valence-corrected chi connectivity index (χ0v) is 19.5. The van der Waals surface area contributed by atoms with Crippen LogP contribution in [-0.2, 0) is 15.6 Å². The van der Waals surface area contributed by atoms with Crippen LogP contribution in [0.25, 0.3) is 0 Å². The summed E-state index contributed by atoms with van der Waals surface area (Å²) in [6.07, 6.45) is 8.85. The minimum Gasteiger partial charge on any atom is -0.507 e. The van der Waals surface area contributed by atoms with Gasteiger partial charge in [0.05, 0.1) is 11.6 Å². The van der Waals surface area contributed by atoms with E-state index in [0.29, 0.717) is 5.75 Å². The molecule has 1 aromatic rings. The van der Waals surface area contributed by atoms with Crippen LogP contribution < -0.4 is 5.43 Å². The van der Waals surface area contributed by atoms with Gasteiger partial charge in [-0.3, -0.25) is 4.79 Å². The first-order valence-electron chi connectivity index (χ1n) is 11.6. The molecule has 0 spiro atoms. The average Bonchev–Trinajstić information content (AvgIpc) is 2.59. The Labute approximate surface area is 181 Å². The summed E-state index contributed by atoms with van der Waals surface area (Å²) in [6.45, 7) is 12.6. The molecule has 4 fully saturated rings. The highest BCUT2D eigenvalue weighted by molar-refractivity contribution is 5.86. The van der Waals surface area contributed by atoms with E-state index in [-0.39, 0.29) is 22.2 Å². The molecule has 164 valence electrons. The van der Waals surface area contributed by atoms with Gasteiger partial charge in [0.15, 0.2) is 0 Å². The van der Waals surface area contributed by atoms with Gasteiger partial charge in [-0.1, -0.05) is 41.5 Å². The van der Waals surface area contributed by atoms with Crippen LogP contribution in [0.1, 0.15) is 96.8 Å². The number of hydrazone groups is 1. The Morgan fingerprint density at radius 1 is 0.967 bits per heavy atom. The van der Waals surface area contributed by atoms with E-state index >= 15 is 0 Å². The molecule has 4 heteroatoms. The lowest BCUT2D eigenvalue weighted by atomic mass is 9.49. The van der Waals surface area contributed by atoms with Crippen LogP contribution in [0.2, 0.25) is 0 Å². The topological polar surface area (TPSA) is 61.7 Å². The fourth-order valence-corrected chi connectivity index (χ4v) is 6.55. The van der Waals surface area contributed by atoms with Crippen molar-refractivity contribution in [3.63, 3.8) is 0 Å². The Kier molecular flexibility index (Phi) is 5.06. The zero-order chi connectivity index (χ0) is 21.9. The summed E-state index contributed by atoms with van der Waals surface area (Å²) in [6, 6.07) is 3.98. The Morgan fingerprint density at radius 3 is 1.80 bits per heavy atom. The second kappa shape index (κ2) is 7.10. The normalized spacial score (nSPS) is 30.8. The van der Waals surface area contributed by atoms with Gasteiger partial charge in [-0.2, -0.15) is 5.10 Å². The SMILES string of the molecule is CC(C)(C)c1cc(C=NNC(=O)C23CC4CC(CC(C4)C2)C3)cc(C(C)(C)C)c1O. The van der Waals surface area contributed by atoms with Crippen molar-refractivity contribution >= 4 is 12.1 Å². The summed E-state index contributed by atoms with van der Waals surface area (Å²) in [5.74, 6) is 2.71. The highest BCUT2D eigenvalue weighted by Crippen LogP contribution is 2.60. The van der Waals surface area contributed by atoms with Crippen LogP contribution in [0.3, 0.4) is 0 Å². The number of amides is 1. The molecular formula is C26H38N2O2. The van der Waals surface area contributed by atoms with Gasteiger partial charge in [0.2, 0.25) is 5.91 Å². The molecule has 0 aromatic heterocycles. The van der Waals surface area contributed by atoms with Gasteiger partial charge in [-0.25, -0.2) is 5.43 Å². The smallest absolute Gasteiger partial charge is 0.246 e. The number of aromatic hydroxyl groups is 1. The molecule has 4 bridgehead atoms. The fraction of sp³-hybridized carbons (Fsp3) is 0.692. The molecule has 4 aliphatic carbocycles. The summed E-state index contributed by atoms with van der Waals surface area (Å²) in [5, 5.41) is 15.2. The molecule has 4 nitrogen and oxygen atoms in total. The fourth-order valence-electron chi connectivity index (χ4n) is 6.55. The van der Waals surface area contributed by atoms with E-state index in [0.717, 1.165) is 53.7 Å². The molecule has 0 saturated heterocycles. The maximum absolute atomic E-state index is 13.1. The molecule has 1 aromatic carbocycles. The number of nitrogens with one attached hydrogen (secondary N) is 1. The predicted molar refractivity (Wildman–Crippen MR) is 122 cm³/mol. The number of carbonyl (C=O) groups excluding carboxylic acids is 1. The minimum atomic E-state index is -0.186. The molecule has 0 unspecified atom stereocenters. The molecule has 0 radical (unpaired) electrons. The van der Waals surface area contributed by atoms with E-state index in [2.05, 4.69) is 52.1 Å². The third-order valence-electron chi connectivity index (χ3n) is 7.65. The molecule has 4 aliphatic rings. The third-order valence-corrected chi connectivity index (χ3v) is 7.65. The Bertz CT molecular complexity index is 800. The monoisotopic (exact) mass is 410 g/mol. The number of phenolic OH excluding ortho intramolecular Hbond substituents is 1. The first-order chi connectivity index (χ1) is 13.9. The number of hydrogen-bond donors (Lipinski definition) is 2. The number of benzene rings is 1. The number of rotatable bonds is 3. The van der Waals surface area contributed by atoms with Crippen molar-refractivity contribution in [2.75, 3.05) is 0 Å². The van der Waals surface area contributed by atoms with Gasteiger partial charge < -0.3 is 5.11 Å². The second-order valence-electron chi connectivity index (χ2n) is 12.4. The standard InChI is InChI=1S/C26H38N2O2/c1-24(2,3)20-10-19(11-21(22(20)29)25(4,5)6)15-27-28-23(30)26-12-16-7-17(13-26)9-18(8-16)14-26/h10-11,15-18,29H,7-9,12-14H2,1-6H3,(H,28,30). The van der Waals surface area contributed by atoms with Crippen molar-refractivity contribution in [2.24, 2.45) is 28.3 Å². The van der Waals surface area contributed by atoms with Gasteiger partial charge in [0, 0.05) is 11.1 Å². The highest BCUT2D eigenvalue weighted by Gasteiger charge is 2.54. The van der Waals surface area contributed by atoms with Gasteiger partial charge >= 0.3 is 0 Å². The number of phenols is 1. The van der Waals surface area contributed by atoms with Crippen LogP contribution >= 0.6 is 0 Å². The van der Waals surface area contributed by atoms with Crippen molar-refractivity contribution in [2.45, 2.75) is 90.9 Å². The largest absolute Gasteiger partial charge is 0.507 e. The van der Waals surface area contributed by atoms with Crippen molar-refractivity contribution < 1.29 is 9.90 Å². The summed E-state index contributed by atoms with van der Waals surface area (Å²) in [4.78, 5) is 13.1. The maximum atomic E-state index is 13.1. The second-order valence-corrected chi connectivity index (χ2v) is 12.4. The van der Waals surface area contributed by atoms with Crippen molar-refractivity contribution in [3.8, 4) is 5.75 Å². The van der Waals surface area contributed by atoms with Crippen LogP contribution in [0.4, 0.5) is 0 Å². The van der Waals surface area contributed by atoms with Gasteiger partial charge in [0.1, 0.15) is 5.75 Å². The van der Waals surface area contributed by atoms with Crippen molar-refractivity contribution in [3.05, 3.63) is 28.8 Å². The van der Waals surface area contributed by atoms with E-state index in [1.54, 1.807) is 6.21 Å². The van der Waals surface area contributed by atoms with Crippen molar-refractivity contribution in [1.82, 2.24) is 5.43 Å². The number of nitrogens with zero attached hydrogens (tertiary/aromatic N) is 1. The Hall–Kier alpha value is -1.84. The lowest BCUT2D eigenvalue weighted by Crippen LogP contribution is -2.52. The summed E-state index contributed by atoms with van der Waals surface area (Å²) >= 11 is 0. The van der Waals surface area contributed by atoms with E-state index in [1.165, 1.54) is 19.3 Å². The highest BCUT2D eigenvalue weighted by atomic mass is 16.3. The molecule has 30 heavy (non-hydrogen) atoms. The van der Waals surface area contributed by atoms with E-state index in [1.807, 2.05) is 12.1 Å². The van der Waals surface area contributed by atoms with Crippen LogP contribution in [-0.4, -0.2) is 17.2 Å². The first kappa shape index (κ1) is 21.4. The Morgan fingerprint density at radius 2 is 1.40 bits per heavy atom. The number of hydrogen-bond acceptors (Lipinski definition) is 3. The van der Waals surface area contributed by atoms with E-state index < -0.39 is 0 Å². The zero-order valence-electron chi connectivity index (χ0n) is 19.5. The molecule has 0 heterocycles. The summed E-state index contributed by atoms with van der Waals surface area (Å²) < 4.78 is 0. The Balaban J connectivity index is 1.55. The molecule has 4 saturated carbocycles. The van der Waals surface area contributed by atoms with Gasteiger partial charge in [0.25, 0.3) is 0 Å². The van der Waals surface area contributed by atoms with Gasteiger partial charge in [-0.05, 0) is 84.8 Å². The van der Waals surface area contributed by atoms with Crippen LogP contribution in [0.5, 0.6) is 5.75 Å². The molecule has 1 amide bonds. The first-order valence-corrected chi connectivity index (χ1v) is 11.6. The quantitative estimate of drug-likeness (QED) is 0.499. The predicted octanol–water partition coefficient (Wildman–Crippen LogP) is 5.65. The average molecular weight is 411 g/mol. The third kappa shape index (κ3) is 3.90. The lowest BCUT2D eigenvalue weighted by Gasteiger charge is -2.55. The van der Waals surface area contributed by atoms with Crippen LogP contribution in [0, 0.1) is 23.2 Å². The van der Waals surface area contributed by atoms with Crippen molar-refractivity contribution in [1.29, 1.82) is 0 Å². The van der Waals surface area contributed by atoms with Crippen LogP contribution in [0.15, 0.2) is 17.2 Å². The molecule has 0 atom stereocenters. The maximum Gasteiger partial charge on any atom is 0.246 e. The molecule has 2 N–H and O–H groups in total. The molecular weight excluding hydrogens is 372 g/mol. The summed E-state index contributed by atoms with van der Waals surface area (Å²) in [5.41, 5.74) is 5.06. The summed E-state index contributed by atoms with van der Waals surface area (Å²) in [7, 11) is 0. The molecule has 0 aliphatic heterocycles.